The van der Waals surface area contributed by atoms with E-state index in [9.17, 15) is 4.79 Å². The molecule has 3 aromatic rings. The molecule has 0 fully saturated rings. The molecule has 0 bridgehead atoms. The average Bonchev–Trinajstić information content (AvgIpc) is 3.11. The van der Waals surface area contributed by atoms with Crippen molar-refractivity contribution in [3.05, 3.63) is 47.5 Å². The van der Waals surface area contributed by atoms with Gasteiger partial charge in [-0.3, -0.25) is 4.79 Å². The van der Waals surface area contributed by atoms with Gasteiger partial charge in [0.25, 0.3) is 0 Å². The van der Waals surface area contributed by atoms with Gasteiger partial charge in [-0.05, 0) is 23.8 Å². The number of carbonyl (C=O) groups excluding carboxylic acids is 1. The van der Waals surface area contributed by atoms with Gasteiger partial charge in [-0.2, -0.15) is 4.98 Å². The number of methoxy groups -OCH3 is 2. The van der Waals surface area contributed by atoms with Crippen LogP contribution in [0.5, 0.6) is 11.5 Å². The predicted octanol–water partition coefficient (Wildman–Crippen LogP) is 2.32. The fourth-order valence-corrected chi connectivity index (χ4v) is 2.75. The van der Waals surface area contributed by atoms with Crippen LogP contribution in [0.15, 0.2) is 35.1 Å². The van der Waals surface area contributed by atoms with Crippen molar-refractivity contribution in [1.29, 1.82) is 0 Å². The van der Waals surface area contributed by atoms with Crippen LogP contribution in [0, 0.1) is 0 Å². The molecule has 3 rings (SSSR count). The van der Waals surface area contributed by atoms with Crippen LogP contribution in [0.25, 0.3) is 11.1 Å². The number of anilines is 2. The Bertz CT molecular complexity index is 952. The van der Waals surface area contributed by atoms with Gasteiger partial charge < -0.3 is 25.4 Å². The fraction of sp³-hybridized carbons (Fsp3) is 0.167. The third-order valence-corrected chi connectivity index (χ3v) is 3.94. The number of carbonyl (C=O) groups is 1. The minimum absolute atomic E-state index is 0.119. The summed E-state index contributed by atoms with van der Waals surface area (Å²) in [5, 5.41) is 0. The molecule has 0 aliphatic carbocycles. The molecule has 0 amide bonds. The highest BCUT2D eigenvalue weighted by atomic mass is 16.5. The lowest BCUT2D eigenvalue weighted by atomic mass is 9.98. The summed E-state index contributed by atoms with van der Waals surface area (Å²) < 4.78 is 16.1. The zero-order valence-corrected chi connectivity index (χ0v) is 14.4. The van der Waals surface area contributed by atoms with Crippen molar-refractivity contribution in [3.8, 4) is 22.6 Å². The summed E-state index contributed by atoms with van der Waals surface area (Å²) in [4.78, 5) is 19.2. The van der Waals surface area contributed by atoms with Crippen LogP contribution in [-0.4, -0.2) is 30.5 Å². The molecule has 4 N–H and O–H groups in total. The molecule has 0 aliphatic rings. The monoisotopic (exact) mass is 354 g/mol. The normalized spacial score (nSPS) is 10.5. The van der Waals surface area contributed by atoms with Crippen LogP contribution in [-0.2, 0) is 6.42 Å². The summed E-state index contributed by atoms with van der Waals surface area (Å²) in [6.07, 6.45) is 4.14. The molecule has 0 spiro atoms. The van der Waals surface area contributed by atoms with Crippen LogP contribution in [0.4, 0.5) is 11.8 Å². The molecule has 26 heavy (non-hydrogen) atoms. The molecule has 0 aliphatic heterocycles. The van der Waals surface area contributed by atoms with Crippen molar-refractivity contribution < 1.29 is 18.7 Å². The van der Waals surface area contributed by atoms with E-state index in [2.05, 4.69) is 9.97 Å². The SMILES string of the molecule is COc1cc(Cc2cnc(N)nc2N)cc(-c2ccoc2C=O)c1OC. The van der Waals surface area contributed by atoms with E-state index in [1.807, 2.05) is 12.1 Å². The second-order valence-electron chi connectivity index (χ2n) is 5.51. The summed E-state index contributed by atoms with van der Waals surface area (Å²) in [7, 11) is 3.08. The maximum absolute atomic E-state index is 11.3. The predicted molar refractivity (Wildman–Crippen MR) is 96.3 cm³/mol. The number of benzene rings is 1. The van der Waals surface area contributed by atoms with Crippen molar-refractivity contribution in [2.24, 2.45) is 0 Å². The molecular weight excluding hydrogens is 336 g/mol. The number of furan rings is 1. The molecule has 0 radical (unpaired) electrons. The highest BCUT2D eigenvalue weighted by Crippen LogP contribution is 2.41. The number of nitrogen functional groups attached to an aromatic ring is 2. The fourth-order valence-electron chi connectivity index (χ4n) is 2.75. The number of nitrogens with zero attached hydrogens (tertiary/aromatic N) is 2. The number of hydrogen-bond acceptors (Lipinski definition) is 8. The number of aldehydes is 1. The first-order chi connectivity index (χ1) is 12.6. The summed E-state index contributed by atoms with van der Waals surface area (Å²) >= 11 is 0. The van der Waals surface area contributed by atoms with Gasteiger partial charge in [0.05, 0.1) is 20.5 Å². The van der Waals surface area contributed by atoms with Gasteiger partial charge in [0.2, 0.25) is 5.95 Å². The Morgan fingerprint density at radius 2 is 2.00 bits per heavy atom. The van der Waals surface area contributed by atoms with E-state index in [-0.39, 0.29) is 11.7 Å². The van der Waals surface area contributed by atoms with Crippen molar-refractivity contribution in [3.63, 3.8) is 0 Å². The Balaban J connectivity index is 2.12. The number of ether oxygens (including phenoxy) is 2. The summed E-state index contributed by atoms with van der Waals surface area (Å²) in [5.74, 6) is 1.66. The van der Waals surface area contributed by atoms with Gasteiger partial charge in [-0.1, -0.05) is 0 Å². The Labute approximate surface area is 149 Å². The van der Waals surface area contributed by atoms with Crippen molar-refractivity contribution in [2.75, 3.05) is 25.7 Å². The lowest BCUT2D eigenvalue weighted by molar-refractivity contribution is 0.110. The Kier molecular flexibility index (Phi) is 4.74. The molecule has 1 aromatic carbocycles. The maximum Gasteiger partial charge on any atom is 0.221 e. The smallest absolute Gasteiger partial charge is 0.221 e. The number of rotatable bonds is 6. The largest absolute Gasteiger partial charge is 0.493 e. The first kappa shape index (κ1) is 17.3. The third-order valence-electron chi connectivity index (χ3n) is 3.94. The minimum atomic E-state index is 0.119. The zero-order chi connectivity index (χ0) is 18.7. The first-order valence-electron chi connectivity index (χ1n) is 7.72. The molecule has 0 atom stereocenters. The molecule has 2 aromatic heterocycles. The lowest BCUT2D eigenvalue weighted by Gasteiger charge is -2.15. The second-order valence-corrected chi connectivity index (χ2v) is 5.51. The summed E-state index contributed by atoms with van der Waals surface area (Å²) in [6.45, 7) is 0. The molecule has 8 heteroatoms. The van der Waals surface area contributed by atoms with Gasteiger partial charge in [-0.25, -0.2) is 4.98 Å². The van der Waals surface area contributed by atoms with Gasteiger partial charge in [0, 0.05) is 29.3 Å². The molecule has 134 valence electrons. The standard InChI is InChI=1S/C18H18N4O4/c1-24-14-7-10(5-11-8-21-18(20)22-17(11)19)6-13(16(14)25-2)12-3-4-26-15(12)9-23/h3-4,6-9H,5H2,1-2H3,(H4,19,20,21,22). The van der Waals surface area contributed by atoms with Gasteiger partial charge in [0.15, 0.2) is 23.5 Å². The average molecular weight is 354 g/mol. The third kappa shape index (κ3) is 3.16. The Morgan fingerprint density at radius 3 is 2.65 bits per heavy atom. The van der Waals surface area contributed by atoms with Crippen molar-refractivity contribution in [1.82, 2.24) is 9.97 Å². The van der Waals surface area contributed by atoms with Crippen molar-refractivity contribution in [2.45, 2.75) is 6.42 Å². The van der Waals surface area contributed by atoms with E-state index in [0.717, 1.165) is 11.1 Å². The van der Waals surface area contributed by atoms with Crippen LogP contribution < -0.4 is 20.9 Å². The van der Waals surface area contributed by atoms with Crippen LogP contribution >= 0.6 is 0 Å². The maximum atomic E-state index is 11.3. The van der Waals surface area contributed by atoms with Crippen LogP contribution in [0.2, 0.25) is 0 Å². The highest BCUT2D eigenvalue weighted by molar-refractivity contribution is 5.87. The van der Waals surface area contributed by atoms with E-state index in [4.69, 9.17) is 25.4 Å². The lowest BCUT2D eigenvalue weighted by Crippen LogP contribution is -2.04. The topological polar surface area (TPSA) is 126 Å². The van der Waals surface area contributed by atoms with Crippen molar-refractivity contribution >= 4 is 18.1 Å². The van der Waals surface area contributed by atoms with E-state index in [1.54, 1.807) is 19.4 Å². The van der Waals surface area contributed by atoms with E-state index in [0.29, 0.717) is 41.2 Å². The molecule has 0 saturated carbocycles. The van der Waals surface area contributed by atoms with Crippen LogP contribution in [0.3, 0.4) is 0 Å². The highest BCUT2D eigenvalue weighted by Gasteiger charge is 2.19. The number of aromatic nitrogens is 2. The summed E-state index contributed by atoms with van der Waals surface area (Å²) in [6, 6.07) is 5.42. The summed E-state index contributed by atoms with van der Waals surface area (Å²) in [5.41, 5.74) is 14.3. The molecular formula is C18H18N4O4. The van der Waals surface area contributed by atoms with E-state index < -0.39 is 0 Å². The Morgan fingerprint density at radius 1 is 1.19 bits per heavy atom. The van der Waals surface area contributed by atoms with Gasteiger partial charge in [0.1, 0.15) is 5.82 Å². The zero-order valence-electron chi connectivity index (χ0n) is 14.4. The van der Waals surface area contributed by atoms with E-state index >= 15 is 0 Å². The second kappa shape index (κ2) is 7.14. The van der Waals surface area contributed by atoms with E-state index in [1.165, 1.54) is 13.4 Å². The first-order valence-corrected chi connectivity index (χ1v) is 7.72. The number of hydrogen-bond donors (Lipinski definition) is 2. The molecule has 0 saturated heterocycles. The van der Waals surface area contributed by atoms with Crippen LogP contribution in [0.1, 0.15) is 21.7 Å². The molecule has 2 heterocycles. The molecule has 8 nitrogen and oxygen atoms in total. The van der Waals surface area contributed by atoms with Gasteiger partial charge in [-0.15, -0.1) is 0 Å². The number of nitrogens with two attached hydrogens (primary N) is 2. The Hall–Kier alpha value is -3.55. The minimum Gasteiger partial charge on any atom is -0.493 e. The van der Waals surface area contributed by atoms with Gasteiger partial charge >= 0.3 is 0 Å². The quantitative estimate of drug-likeness (QED) is 0.646. The molecule has 0 unspecified atom stereocenters.